The van der Waals surface area contributed by atoms with E-state index >= 15 is 0 Å². The number of nitrogens with zero attached hydrogens (tertiary/aromatic N) is 5. The lowest BCUT2D eigenvalue weighted by Crippen LogP contribution is -2.25. The summed E-state index contributed by atoms with van der Waals surface area (Å²) in [4.78, 5) is 22.3. The van der Waals surface area contributed by atoms with Gasteiger partial charge in [0.1, 0.15) is 5.82 Å². The van der Waals surface area contributed by atoms with Crippen LogP contribution in [0.3, 0.4) is 0 Å². The van der Waals surface area contributed by atoms with Gasteiger partial charge in [-0.05, 0) is 43.9 Å². The molecule has 5 rings (SSSR count). The first-order chi connectivity index (χ1) is 13.8. The van der Waals surface area contributed by atoms with E-state index in [2.05, 4.69) is 15.6 Å². The molecule has 0 unspecified atom stereocenters. The van der Waals surface area contributed by atoms with E-state index in [0.717, 1.165) is 60.1 Å². The molecule has 1 saturated carbocycles. The molecule has 1 aliphatic rings. The van der Waals surface area contributed by atoms with Gasteiger partial charge in [0.15, 0.2) is 0 Å². The van der Waals surface area contributed by atoms with Crippen molar-refractivity contribution in [2.75, 3.05) is 6.61 Å². The van der Waals surface area contributed by atoms with Crippen LogP contribution in [0.4, 0.5) is 0 Å². The number of aromatic nitrogens is 5. The fourth-order valence-corrected chi connectivity index (χ4v) is 3.98. The summed E-state index contributed by atoms with van der Waals surface area (Å²) in [5.41, 5.74) is 3.81. The van der Waals surface area contributed by atoms with Gasteiger partial charge in [-0.2, -0.15) is 0 Å². The number of fused-ring (bicyclic) bond motifs is 2. The minimum Gasteiger partial charge on any atom is -0.412 e. The minimum atomic E-state index is 0. The molecule has 168 valence electrons. The lowest BCUT2D eigenvalue weighted by Gasteiger charge is -2.09. The minimum absolute atomic E-state index is 0. The molecule has 0 spiro atoms. The number of pyridine rings is 1. The monoisotopic (exact) mass is 467 g/mol. The Morgan fingerprint density at radius 3 is 2.52 bits per heavy atom. The molecule has 10 heteroatoms. The molecule has 1 aliphatic carbocycles. The van der Waals surface area contributed by atoms with Crippen molar-refractivity contribution in [3.05, 3.63) is 59.0 Å². The van der Waals surface area contributed by atoms with E-state index in [1.54, 1.807) is 17.0 Å². The smallest absolute Gasteiger partial charge is 0.329 e. The van der Waals surface area contributed by atoms with Crippen LogP contribution in [0.15, 0.2) is 47.5 Å². The number of aliphatic hydroxyl groups excluding tert-OH is 1. The Hall–Kier alpha value is -2.39. The fourth-order valence-electron chi connectivity index (χ4n) is 3.98. The Morgan fingerprint density at radius 2 is 1.77 bits per heavy atom. The molecule has 1 aromatic carbocycles. The van der Waals surface area contributed by atoms with Gasteiger partial charge in [0.25, 0.3) is 0 Å². The maximum atomic E-state index is 13.2. The first kappa shape index (κ1) is 24.9. The molecular weight excluding hydrogens is 441 g/mol. The van der Waals surface area contributed by atoms with Crippen LogP contribution < -0.4 is 5.69 Å². The lowest BCUT2D eigenvalue weighted by molar-refractivity contribution is 0.281. The van der Waals surface area contributed by atoms with Crippen molar-refractivity contribution in [3.8, 4) is 0 Å². The van der Waals surface area contributed by atoms with Crippen LogP contribution in [0, 0.1) is 0 Å². The quantitative estimate of drug-likeness (QED) is 0.421. The Morgan fingerprint density at radius 1 is 1.00 bits per heavy atom. The van der Waals surface area contributed by atoms with Crippen LogP contribution >= 0.6 is 24.8 Å². The van der Waals surface area contributed by atoms with Gasteiger partial charge in [0.2, 0.25) is 0 Å². The highest BCUT2D eigenvalue weighted by Crippen LogP contribution is 2.36. The zero-order chi connectivity index (χ0) is 19.1. The van der Waals surface area contributed by atoms with E-state index in [4.69, 9.17) is 10.1 Å². The molecule has 0 radical (unpaired) electrons. The number of para-hydroxylation sites is 2. The van der Waals surface area contributed by atoms with Crippen LogP contribution in [0.5, 0.6) is 0 Å². The summed E-state index contributed by atoms with van der Waals surface area (Å²) in [6.07, 6.45) is 7.24. The maximum absolute atomic E-state index is 13.2. The van der Waals surface area contributed by atoms with Crippen molar-refractivity contribution in [1.82, 2.24) is 23.7 Å². The Bertz CT molecular complexity index is 1210. The van der Waals surface area contributed by atoms with Crippen molar-refractivity contribution in [2.24, 2.45) is 0 Å². The van der Waals surface area contributed by atoms with Crippen LogP contribution in [0.2, 0.25) is 0 Å². The molecule has 0 aliphatic heterocycles. The van der Waals surface area contributed by atoms with Crippen molar-refractivity contribution < 1.29 is 10.6 Å². The zero-order valence-corrected chi connectivity index (χ0v) is 18.6. The summed E-state index contributed by atoms with van der Waals surface area (Å²) in [6, 6.07) is 10.3. The molecule has 3 aromatic heterocycles. The molecule has 3 N–H and O–H groups in total. The SMILES string of the molecule is Cl.Cl.O.O=c1n(Cc2nc3ccccc3n2CCCCO)c2cnccc2n1C1CC1. The van der Waals surface area contributed by atoms with Crippen LogP contribution in [-0.2, 0) is 13.1 Å². The molecule has 4 aromatic rings. The highest BCUT2D eigenvalue weighted by atomic mass is 35.5. The largest absolute Gasteiger partial charge is 0.412 e. The average molecular weight is 468 g/mol. The molecule has 3 heterocycles. The van der Waals surface area contributed by atoms with Gasteiger partial charge in [-0.25, -0.2) is 9.78 Å². The summed E-state index contributed by atoms with van der Waals surface area (Å²) in [6.45, 7) is 1.36. The molecule has 0 saturated heterocycles. The highest BCUT2D eigenvalue weighted by molar-refractivity contribution is 5.85. The van der Waals surface area contributed by atoms with Gasteiger partial charge in [0.05, 0.1) is 34.8 Å². The number of halogens is 2. The average Bonchev–Trinajstić information content (AvgIpc) is 3.43. The summed E-state index contributed by atoms with van der Waals surface area (Å²) < 4.78 is 5.88. The van der Waals surface area contributed by atoms with Gasteiger partial charge in [-0.3, -0.25) is 14.1 Å². The third kappa shape index (κ3) is 4.48. The molecule has 1 fully saturated rings. The van der Waals surface area contributed by atoms with E-state index in [9.17, 15) is 4.79 Å². The second kappa shape index (κ2) is 10.3. The third-order valence-electron chi connectivity index (χ3n) is 5.50. The number of aryl methyl sites for hydroxylation is 1. The number of hydrogen-bond donors (Lipinski definition) is 1. The first-order valence-corrected chi connectivity index (χ1v) is 9.87. The van der Waals surface area contributed by atoms with Crippen molar-refractivity contribution in [1.29, 1.82) is 0 Å². The van der Waals surface area contributed by atoms with Crippen molar-refractivity contribution in [2.45, 2.75) is 44.8 Å². The summed E-state index contributed by atoms with van der Waals surface area (Å²) in [7, 11) is 0. The van der Waals surface area contributed by atoms with Gasteiger partial charge in [-0.15, -0.1) is 24.8 Å². The molecule has 0 amide bonds. The summed E-state index contributed by atoms with van der Waals surface area (Å²) in [5, 5.41) is 9.15. The number of unbranched alkanes of at least 4 members (excludes halogenated alkanes) is 1. The first-order valence-electron chi connectivity index (χ1n) is 9.87. The topological polar surface area (TPSA) is 109 Å². The van der Waals surface area contributed by atoms with E-state index < -0.39 is 0 Å². The maximum Gasteiger partial charge on any atom is 0.329 e. The van der Waals surface area contributed by atoms with Gasteiger partial charge >= 0.3 is 5.69 Å². The summed E-state index contributed by atoms with van der Waals surface area (Å²) in [5.74, 6) is 0.861. The van der Waals surface area contributed by atoms with E-state index in [0.29, 0.717) is 12.6 Å². The van der Waals surface area contributed by atoms with E-state index in [1.165, 1.54) is 0 Å². The van der Waals surface area contributed by atoms with Gasteiger partial charge in [0, 0.05) is 25.4 Å². The summed E-state index contributed by atoms with van der Waals surface area (Å²) >= 11 is 0. The normalized spacial score (nSPS) is 12.9. The third-order valence-corrected chi connectivity index (χ3v) is 5.50. The highest BCUT2D eigenvalue weighted by Gasteiger charge is 2.29. The van der Waals surface area contributed by atoms with Crippen LogP contribution in [-0.4, -0.2) is 40.9 Å². The van der Waals surface area contributed by atoms with Gasteiger partial charge in [-0.1, -0.05) is 12.1 Å². The Kier molecular flexibility index (Phi) is 8.25. The number of imidazole rings is 2. The number of rotatable bonds is 7. The zero-order valence-electron chi connectivity index (χ0n) is 17.0. The molecular formula is C21H27Cl2N5O3. The van der Waals surface area contributed by atoms with Crippen LogP contribution in [0.1, 0.15) is 37.5 Å². The Labute approximate surface area is 191 Å². The fraction of sp³-hybridized carbons (Fsp3) is 0.381. The Balaban J connectivity index is 0.00000114. The standard InChI is InChI=1S/C21H23N5O2.2ClH.H2O/c27-12-4-3-11-24-17-6-2-1-5-16(17)23-20(24)14-25-19-13-22-10-9-18(19)26(21(25)28)15-7-8-15;;;/h1-2,5-6,9-10,13,15,27H,3-4,7-8,11-12,14H2;2*1H;1H2. The molecule has 0 bridgehead atoms. The number of hydrogen-bond acceptors (Lipinski definition) is 4. The van der Waals surface area contributed by atoms with Crippen LogP contribution in [0.25, 0.3) is 22.1 Å². The number of benzene rings is 1. The van der Waals surface area contributed by atoms with E-state index in [1.807, 2.05) is 28.8 Å². The van der Waals surface area contributed by atoms with Crippen molar-refractivity contribution >= 4 is 46.9 Å². The second-order valence-electron chi connectivity index (χ2n) is 7.43. The second-order valence-corrected chi connectivity index (χ2v) is 7.43. The predicted molar refractivity (Wildman–Crippen MR) is 126 cm³/mol. The van der Waals surface area contributed by atoms with E-state index in [-0.39, 0.29) is 42.6 Å². The molecule has 0 atom stereocenters. The number of aliphatic hydroxyl groups is 1. The predicted octanol–water partition coefficient (Wildman–Crippen LogP) is 2.72. The molecule has 31 heavy (non-hydrogen) atoms. The lowest BCUT2D eigenvalue weighted by atomic mass is 10.3. The van der Waals surface area contributed by atoms with Crippen molar-refractivity contribution in [3.63, 3.8) is 0 Å². The van der Waals surface area contributed by atoms with Gasteiger partial charge < -0.3 is 15.1 Å². The molecule has 8 nitrogen and oxygen atoms in total.